The van der Waals surface area contributed by atoms with Crippen molar-refractivity contribution in [2.45, 2.75) is 19.5 Å². The summed E-state index contributed by atoms with van der Waals surface area (Å²) < 4.78 is 55.1. The molecular weight excluding hydrogens is 529 g/mol. The number of ether oxygens (including phenoxy) is 3. The molecule has 2 fully saturated rings. The first-order valence-electron chi connectivity index (χ1n) is 12.9. The molecule has 4 rings (SSSR count). The van der Waals surface area contributed by atoms with Gasteiger partial charge in [-0.05, 0) is 25.5 Å². The van der Waals surface area contributed by atoms with E-state index in [4.69, 9.17) is 19.2 Å². The first kappa shape index (κ1) is 28.9. The number of aromatic nitrogens is 1. The molecule has 0 spiro atoms. The van der Waals surface area contributed by atoms with Crippen molar-refractivity contribution in [2.75, 3.05) is 66.2 Å². The number of rotatable bonds is 5. The third-order valence-corrected chi connectivity index (χ3v) is 6.65. The van der Waals surface area contributed by atoms with Crippen LogP contribution in [0.5, 0.6) is 11.5 Å². The van der Waals surface area contributed by atoms with E-state index in [1.807, 2.05) is 9.80 Å². The van der Waals surface area contributed by atoms with E-state index in [0.717, 1.165) is 6.42 Å². The van der Waals surface area contributed by atoms with E-state index in [1.54, 1.807) is 30.0 Å². The van der Waals surface area contributed by atoms with Crippen molar-refractivity contribution in [3.8, 4) is 28.8 Å². The smallest absolute Gasteiger partial charge is 0.422 e. The molecule has 0 radical (unpaired) electrons. The summed E-state index contributed by atoms with van der Waals surface area (Å²) >= 11 is 0. The number of carbonyl (C=O) groups is 1. The lowest BCUT2D eigenvalue weighted by Gasteiger charge is -2.32. The summed E-state index contributed by atoms with van der Waals surface area (Å²) in [7, 11) is 1.30. The van der Waals surface area contributed by atoms with Crippen LogP contribution in [0.1, 0.15) is 18.9 Å². The van der Waals surface area contributed by atoms with Gasteiger partial charge in [-0.25, -0.2) is 9.79 Å². The second kappa shape index (κ2) is 12.9. The first-order valence-corrected chi connectivity index (χ1v) is 12.9. The van der Waals surface area contributed by atoms with E-state index in [-0.39, 0.29) is 40.0 Å². The lowest BCUT2D eigenvalue weighted by atomic mass is 10.0. The zero-order valence-electron chi connectivity index (χ0n) is 22.4. The van der Waals surface area contributed by atoms with Crippen LogP contribution in [0.15, 0.2) is 35.5 Å². The average Bonchev–Trinajstić information content (AvgIpc) is 3.22. The van der Waals surface area contributed by atoms with Gasteiger partial charge >= 0.3 is 12.2 Å². The molecule has 2 saturated heterocycles. The fourth-order valence-electron chi connectivity index (χ4n) is 4.66. The molecule has 0 saturated carbocycles. The minimum absolute atomic E-state index is 0.00592. The molecule has 1 aromatic heterocycles. The Morgan fingerprint density at radius 2 is 1.82 bits per heavy atom. The van der Waals surface area contributed by atoms with Gasteiger partial charge in [-0.15, -0.1) is 0 Å². The summed E-state index contributed by atoms with van der Waals surface area (Å²) in [5, 5.41) is 10.1. The number of benzene rings is 1. The highest BCUT2D eigenvalue weighted by Crippen LogP contribution is 2.45. The number of pyridine rings is 1. The van der Waals surface area contributed by atoms with E-state index >= 15 is 0 Å². The maximum Gasteiger partial charge on any atom is 0.422 e. The molecule has 0 unspecified atom stereocenters. The van der Waals surface area contributed by atoms with E-state index in [2.05, 4.69) is 11.1 Å². The summed E-state index contributed by atoms with van der Waals surface area (Å²) in [6.07, 6.45) is -2.41. The van der Waals surface area contributed by atoms with Crippen LogP contribution in [0.2, 0.25) is 0 Å². The molecule has 1 aromatic carbocycles. The molecule has 2 aliphatic heterocycles. The van der Waals surface area contributed by atoms with Crippen molar-refractivity contribution < 1.29 is 32.2 Å². The molecule has 0 N–H and O–H groups in total. The lowest BCUT2D eigenvalue weighted by molar-refractivity contribution is -0.153. The van der Waals surface area contributed by atoms with Gasteiger partial charge in [0.2, 0.25) is 0 Å². The third-order valence-electron chi connectivity index (χ3n) is 6.65. The number of morpholine rings is 1. The molecule has 3 heterocycles. The third kappa shape index (κ3) is 6.93. The van der Waals surface area contributed by atoms with Gasteiger partial charge in [0.1, 0.15) is 11.9 Å². The van der Waals surface area contributed by atoms with Gasteiger partial charge in [0.15, 0.2) is 18.1 Å². The zero-order valence-corrected chi connectivity index (χ0v) is 22.4. The molecule has 40 heavy (non-hydrogen) atoms. The maximum absolute atomic E-state index is 13.1. The molecule has 214 valence electrons. The van der Waals surface area contributed by atoms with Crippen LogP contribution < -0.4 is 9.47 Å². The number of amidine groups is 1. The van der Waals surface area contributed by atoms with Gasteiger partial charge in [-0.1, -0.05) is 6.07 Å². The molecule has 2 aliphatic rings. The normalized spacial score (nSPS) is 16.8. The first-order chi connectivity index (χ1) is 19.2. The van der Waals surface area contributed by atoms with E-state index < -0.39 is 12.8 Å². The number of alkyl halides is 3. The van der Waals surface area contributed by atoms with Crippen LogP contribution in [0, 0.1) is 11.3 Å². The lowest BCUT2D eigenvalue weighted by Crippen LogP contribution is -2.49. The second-order valence-electron chi connectivity index (χ2n) is 9.28. The highest BCUT2D eigenvalue weighted by Gasteiger charge is 2.32. The fraction of sp³-hybridized carbons (Fsp3) is 0.481. The summed E-state index contributed by atoms with van der Waals surface area (Å²) in [4.78, 5) is 27.6. The number of urea groups is 1. The van der Waals surface area contributed by atoms with Crippen LogP contribution in [-0.4, -0.2) is 104 Å². The molecule has 0 atom stereocenters. The maximum atomic E-state index is 13.1. The standard InChI is InChI=1S/C27H31F3N6O4/c1-19(34-8-5-9-35(11-10-34)26(37)36-12-14-39-15-13-36)33-22-16-23(38-2)25(40-18-27(28,29)30)24(20(22)17-31)21-6-3-4-7-32-21/h3-4,6-7,16H,5,8-15,18H2,1-2H3. The minimum Gasteiger partial charge on any atom is -0.493 e. The molecule has 0 bridgehead atoms. The zero-order chi connectivity index (χ0) is 28.7. The van der Waals surface area contributed by atoms with Crippen molar-refractivity contribution in [3.63, 3.8) is 0 Å². The summed E-state index contributed by atoms with van der Waals surface area (Å²) in [6.45, 7) is 4.70. The number of halogens is 3. The average molecular weight is 561 g/mol. The van der Waals surface area contributed by atoms with Crippen LogP contribution in [0.25, 0.3) is 11.3 Å². The predicted molar refractivity (Wildman–Crippen MR) is 141 cm³/mol. The topological polar surface area (TPSA) is 104 Å². The van der Waals surface area contributed by atoms with Crippen LogP contribution in [0.3, 0.4) is 0 Å². The van der Waals surface area contributed by atoms with Crippen LogP contribution in [-0.2, 0) is 4.74 Å². The van der Waals surface area contributed by atoms with Gasteiger partial charge in [0, 0.05) is 51.5 Å². The highest BCUT2D eigenvalue weighted by molar-refractivity contribution is 5.88. The molecule has 13 heteroatoms. The van der Waals surface area contributed by atoms with Gasteiger partial charge < -0.3 is 28.9 Å². The number of hydrogen-bond donors (Lipinski definition) is 0. The van der Waals surface area contributed by atoms with Crippen molar-refractivity contribution in [2.24, 2.45) is 4.99 Å². The van der Waals surface area contributed by atoms with E-state index in [9.17, 15) is 23.2 Å². The fourth-order valence-corrected chi connectivity index (χ4v) is 4.66. The van der Waals surface area contributed by atoms with Gasteiger partial charge in [0.25, 0.3) is 0 Å². The molecule has 0 aliphatic carbocycles. The summed E-state index contributed by atoms with van der Waals surface area (Å²) in [6, 6.07) is 8.35. The largest absolute Gasteiger partial charge is 0.493 e. The number of aliphatic imine (C=N–C) groups is 1. The quantitative estimate of drug-likeness (QED) is 0.401. The Labute approximate surface area is 230 Å². The monoisotopic (exact) mass is 560 g/mol. The number of amides is 2. The molecule has 2 aromatic rings. The number of carbonyl (C=O) groups excluding carboxylic acids is 1. The van der Waals surface area contributed by atoms with Gasteiger partial charge in [-0.2, -0.15) is 18.4 Å². The molecule has 2 amide bonds. The highest BCUT2D eigenvalue weighted by atomic mass is 19.4. The van der Waals surface area contributed by atoms with Crippen molar-refractivity contribution in [3.05, 3.63) is 36.0 Å². The van der Waals surface area contributed by atoms with Crippen LogP contribution in [0.4, 0.5) is 23.7 Å². The van der Waals surface area contributed by atoms with E-state index in [0.29, 0.717) is 58.3 Å². The number of methoxy groups -OCH3 is 1. The Bertz CT molecular complexity index is 1260. The SMILES string of the molecule is COc1cc(N=C(C)N2CCCN(C(=O)N3CCOCC3)CC2)c(C#N)c(-c2ccccn2)c1OCC(F)(F)F. The van der Waals surface area contributed by atoms with E-state index in [1.165, 1.54) is 19.4 Å². The van der Waals surface area contributed by atoms with Crippen LogP contribution >= 0.6 is 0 Å². The molecule has 10 nitrogen and oxygen atoms in total. The Morgan fingerprint density at radius 1 is 1.12 bits per heavy atom. The number of nitriles is 1. The number of hydrogen-bond acceptors (Lipinski definition) is 7. The van der Waals surface area contributed by atoms with Crippen molar-refractivity contribution in [1.29, 1.82) is 5.26 Å². The summed E-state index contributed by atoms with van der Waals surface area (Å²) in [5.74, 6) is 0.350. The number of nitrogens with zero attached hydrogens (tertiary/aromatic N) is 6. The Balaban J connectivity index is 1.65. The molecular formula is C27H31F3N6O4. The Hall–Kier alpha value is -4.05. The van der Waals surface area contributed by atoms with Gasteiger partial charge in [0.05, 0.1) is 42.8 Å². The van der Waals surface area contributed by atoms with Crippen molar-refractivity contribution >= 4 is 17.6 Å². The second-order valence-corrected chi connectivity index (χ2v) is 9.28. The van der Waals surface area contributed by atoms with Crippen molar-refractivity contribution in [1.82, 2.24) is 19.7 Å². The summed E-state index contributed by atoms with van der Waals surface area (Å²) in [5.41, 5.74) is 0.532. The predicted octanol–water partition coefficient (Wildman–Crippen LogP) is 4.08. The Morgan fingerprint density at radius 3 is 2.48 bits per heavy atom. The Kier molecular flexibility index (Phi) is 9.31. The minimum atomic E-state index is -4.60. The van der Waals surface area contributed by atoms with Gasteiger partial charge in [-0.3, -0.25) is 4.98 Å².